The van der Waals surface area contributed by atoms with E-state index in [1.54, 1.807) is 31.2 Å². The van der Waals surface area contributed by atoms with E-state index in [0.717, 1.165) is 0 Å². The Morgan fingerprint density at radius 3 is 2.86 bits per heavy atom. The monoisotopic (exact) mass is 308 g/mol. The lowest BCUT2D eigenvalue weighted by Gasteiger charge is -2.03. The number of benzene rings is 1. The molecule has 0 fully saturated rings. The quantitative estimate of drug-likeness (QED) is 0.850. The van der Waals surface area contributed by atoms with E-state index in [2.05, 4.69) is 15.6 Å². The number of halogens is 1. The van der Waals surface area contributed by atoms with Crippen LogP contribution in [0.25, 0.3) is 0 Å². The largest absolute Gasteiger partial charge is 0.465 e. The van der Waals surface area contributed by atoms with Crippen molar-refractivity contribution in [2.24, 2.45) is 0 Å². The Hall–Kier alpha value is -2.41. The van der Waals surface area contributed by atoms with Crippen LogP contribution in [0.1, 0.15) is 17.3 Å². The second-order valence-corrected chi connectivity index (χ2v) is 4.45. The van der Waals surface area contributed by atoms with Gasteiger partial charge < -0.3 is 10.1 Å². The van der Waals surface area contributed by atoms with E-state index in [4.69, 9.17) is 16.3 Å². The highest BCUT2D eigenvalue weighted by Gasteiger charge is 2.12. The van der Waals surface area contributed by atoms with E-state index < -0.39 is 11.9 Å². The Bertz CT molecular complexity index is 656. The average molecular weight is 309 g/mol. The smallest absolute Gasteiger partial charge is 0.327 e. The molecule has 0 aliphatic rings. The van der Waals surface area contributed by atoms with Crippen LogP contribution >= 0.6 is 11.6 Å². The average Bonchev–Trinajstić information content (AvgIpc) is 2.86. The van der Waals surface area contributed by atoms with Crippen molar-refractivity contribution >= 4 is 29.3 Å². The molecule has 0 saturated heterocycles. The van der Waals surface area contributed by atoms with E-state index in [1.165, 1.54) is 10.9 Å². The van der Waals surface area contributed by atoms with Crippen LogP contribution in [-0.2, 0) is 16.1 Å². The fourth-order valence-corrected chi connectivity index (χ4v) is 1.82. The molecule has 2 rings (SSSR count). The fourth-order valence-electron chi connectivity index (χ4n) is 1.60. The van der Waals surface area contributed by atoms with Gasteiger partial charge in [0, 0.05) is 0 Å². The molecule has 0 atom stereocenters. The summed E-state index contributed by atoms with van der Waals surface area (Å²) in [7, 11) is 0. The third-order valence-corrected chi connectivity index (χ3v) is 2.82. The van der Waals surface area contributed by atoms with Crippen LogP contribution in [0.5, 0.6) is 0 Å². The van der Waals surface area contributed by atoms with Gasteiger partial charge in [0.05, 0.1) is 23.4 Å². The van der Waals surface area contributed by atoms with Crippen molar-refractivity contribution in [1.29, 1.82) is 0 Å². The normalized spacial score (nSPS) is 10.2. The zero-order chi connectivity index (χ0) is 15.2. The lowest BCUT2D eigenvalue weighted by Crippen LogP contribution is -2.14. The van der Waals surface area contributed by atoms with Crippen LogP contribution in [0, 0.1) is 0 Å². The minimum absolute atomic E-state index is 0.0667. The summed E-state index contributed by atoms with van der Waals surface area (Å²) in [6.07, 6.45) is 1.44. The molecule has 0 saturated carbocycles. The lowest BCUT2D eigenvalue weighted by molar-refractivity contribution is -0.144. The van der Waals surface area contributed by atoms with E-state index >= 15 is 0 Å². The topological polar surface area (TPSA) is 86.1 Å². The Kier molecular flexibility index (Phi) is 4.89. The summed E-state index contributed by atoms with van der Waals surface area (Å²) in [4.78, 5) is 23.3. The van der Waals surface area contributed by atoms with Gasteiger partial charge in [-0.3, -0.25) is 9.59 Å². The number of hydrogen-bond acceptors (Lipinski definition) is 5. The van der Waals surface area contributed by atoms with Crippen LogP contribution in [-0.4, -0.2) is 33.5 Å². The summed E-state index contributed by atoms with van der Waals surface area (Å²) in [6.45, 7) is 1.95. The van der Waals surface area contributed by atoms with Crippen molar-refractivity contribution < 1.29 is 14.3 Å². The maximum Gasteiger partial charge on any atom is 0.327 e. The maximum atomic E-state index is 12.0. The molecule has 21 heavy (non-hydrogen) atoms. The number of hydrogen-bond donors (Lipinski definition) is 1. The Labute approximate surface area is 125 Å². The molecule has 1 heterocycles. The number of nitrogens with zero attached hydrogens (tertiary/aromatic N) is 3. The van der Waals surface area contributed by atoms with Gasteiger partial charge >= 0.3 is 5.97 Å². The van der Waals surface area contributed by atoms with E-state index in [0.29, 0.717) is 17.2 Å². The highest BCUT2D eigenvalue weighted by atomic mass is 35.5. The van der Waals surface area contributed by atoms with Gasteiger partial charge in [0.1, 0.15) is 6.54 Å². The highest BCUT2D eigenvalue weighted by Crippen LogP contribution is 2.16. The Morgan fingerprint density at radius 2 is 2.14 bits per heavy atom. The summed E-state index contributed by atoms with van der Waals surface area (Å²) < 4.78 is 6.07. The molecule has 0 radical (unpaired) electrons. The number of esters is 1. The molecule has 110 valence electrons. The third kappa shape index (κ3) is 4.03. The zero-order valence-electron chi connectivity index (χ0n) is 11.2. The number of ether oxygens (including phenoxy) is 1. The highest BCUT2D eigenvalue weighted by molar-refractivity contribution is 6.34. The molecule has 1 amide bonds. The minimum Gasteiger partial charge on any atom is -0.465 e. The molecular weight excluding hydrogens is 296 g/mol. The molecule has 2 aromatic rings. The summed E-state index contributed by atoms with van der Waals surface area (Å²) in [5, 5.41) is 10.4. The predicted octanol–water partition coefficient (Wildman–Crippen LogP) is 1.75. The van der Waals surface area contributed by atoms with E-state index in [9.17, 15) is 9.59 Å². The van der Waals surface area contributed by atoms with Crippen LogP contribution < -0.4 is 5.32 Å². The number of carbonyl (C=O) groups excluding carboxylic acids is 2. The first-order valence-electron chi connectivity index (χ1n) is 6.21. The van der Waals surface area contributed by atoms with Gasteiger partial charge in [-0.25, -0.2) is 4.68 Å². The summed E-state index contributed by atoms with van der Waals surface area (Å²) in [5.41, 5.74) is 0.333. The standard InChI is InChI=1S/C13H13ClN4O3/c1-2-21-12(19)8-18-7-11(16-17-18)15-13(20)9-5-3-4-6-10(9)14/h3-7H,2,8H2,1H3,(H,15,20). The SMILES string of the molecule is CCOC(=O)Cn1cc(NC(=O)c2ccccc2Cl)nn1. The molecule has 0 spiro atoms. The molecule has 1 aromatic heterocycles. The molecule has 7 nitrogen and oxygen atoms in total. The van der Waals surface area contributed by atoms with Gasteiger partial charge in [-0.05, 0) is 19.1 Å². The first-order valence-corrected chi connectivity index (χ1v) is 6.59. The number of carbonyl (C=O) groups is 2. The molecule has 8 heteroatoms. The third-order valence-electron chi connectivity index (χ3n) is 2.50. The number of nitrogens with one attached hydrogen (secondary N) is 1. The molecule has 0 unspecified atom stereocenters. The van der Waals surface area contributed by atoms with E-state index in [-0.39, 0.29) is 12.4 Å². The van der Waals surface area contributed by atoms with Crippen molar-refractivity contribution in [3.8, 4) is 0 Å². The second-order valence-electron chi connectivity index (χ2n) is 4.04. The second kappa shape index (κ2) is 6.85. The molecule has 0 aliphatic carbocycles. The molecule has 1 N–H and O–H groups in total. The van der Waals surface area contributed by atoms with Crippen LogP contribution in [0.3, 0.4) is 0 Å². The first kappa shape index (κ1) is 15.0. The summed E-state index contributed by atoms with van der Waals surface area (Å²) in [5.74, 6) is -0.598. The number of rotatable bonds is 5. The zero-order valence-corrected chi connectivity index (χ0v) is 12.0. The predicted molar refractivity (Wildman–Crippen MR) is 76.1 cm³/mol. The maximum absolute atomic E-state index is 12.0. The fraction of sp³-hybridized carbons (Fsp3) is 0.231. The van der Waals surface area contributed by atoms with Crippen LogP contribution in [0.4, 0.5) is 5.82 Å². The molecule has 0 aliphatic heterocycles. The summed E-state index contributed by atoms with van der Waals surface area (Å²) >= 11 is 5.93. The van der Waals surface area contributed by atoms with Crippen molar-refractivity contribution in [3.63, 3.8) is 0 Å². The minimum atomic E-state index is -0.425. The molecular formula is C13H13ClN4O3. The van der Waals surface area contributed by atoms with Gasteiger partial charge in [0.2, 0.25) is 0 Å². The lowest BCUT2D eigenvalue weighted by atomic mass is 10.2. The van der Waals surface area contributed by atoms with Crippen molar-refractivity contribution in [3.05, 3.63) is 41.0 Å². The van der Waals surface area contributed by atoms with E-state index in [1.807, 2.05) is 0 Å². The van der Waals surface area contributed by atoms with Crippen molar-refractivity contribution in [2.75, 3.05) is 11.9 Å². The van der Waals surface area contributed by atoms with Crippen molar-refractivity contribution in [1.82, 2.24) is 15.0 Å². The Balaban J connectivity index is 2.01. The van der Waals surface area contributed by atoms with Gasteiger partial charge in [0.25, 0.3) is 5.91 Å². The van der Waals surface area contributed by atoms with Crippen LogP contribution in [0.15, 0.2) is 30.5 Å². The molecule has 1 aromatic carbocycles. The van der Waals surface area contributed by atoms with Gasteiger partial charge in [0.15, 0.2) is 5.82 Å². The number of aromatic nitrogens is 3. The summed E-state index contributed by atoms with van der Waals surface area (Å²) in [6, 6.07) is 6.65. The van der Waals surface area contributed by atoms with Crippen molar-refractivity contribution in [2.45, 2.75) is 13.5 Å². The first-order chi connectivity index (χ1) is 10.1. The van der Waals surface area contributed by atoms with Crippen LogP contribution in [0.2, 0.25) is 5.02 Å². The Morgan fingerprint density at radius 1 is 1.38 bits per heavy atom. The number of anilines is 1. The number of amides is 1. The van der Waals surface area contributed by atoms with Gasteiger partial charge in [-0.2, -0.15) is 0 Å². The van der Waals surface area contributed by atoms with Gasteiger partial charge in [-0.1, -0.05) is 28.9 Å². The molecule has 0 bridgehead atoms. The van der Waals surface area contributed by atoms with Gasteiger partial charge in [-0.15, -0.1) is 5.10 Å².